The Kier molecular flexibility index (Phi) is 1.99. The minimum atomic E-state index is 0.933. The highest BCUT2D eigenvalue weighted by molar-refractivity contribution is 7.98. The highest BCUT2D eigenvalue weighted by atomic mass is 32.2. The number of pyridine rings is 1. The van der Waals surface area contributed by atoms with Crippen LogP contribution < -0.4 is 4.90 Å². The summed E-state index contributed by atoms with van der Waals surface area (Å²) in [4.78, 5) is 6.31. The summed E-state index contributed by atoms with van der Waals surface area (Å²) in [6.45, 7) is 3.03. The standard InChI is InChI=1S/C8H9N3S/c1-2-11-6-10-12-8-7(11)4-3-5-9-8/h3-6H,2H2,1H3. The van der Waals surface area contributed by atoms with Crippen molar-refractivity contribution in [3.05, 3.63) is 18.3 Å². The Morgan fingerprint density at radius 3 is 3.33 bits per heavy atom. The van der Waals surface area contributed by atoms with E-state index >= 15 is 0 Å². The van der Waals surface area contributed by atoms with Crippen molar-refractivity contribution in [1.82, 2.24) is 4.98 Å². The van der Waals surface area contributed by atoms with Crippen LogP contribution in [0, 0.1) is 0 Å². The van der Waals surface area contributed by atoms with E-state index in [0.717, 1.165) is 17.3 Å². The Hall–Kier alpha value is -1.03. The predicted molar refractivity (Wildman–Crippen MR) is 51.6 cm³/mol. The number of anilines is 1. The molecule has 0 saturated carbocycles. The van der Waals surface area contributed by atoms with Gasteiger partial charge < -0.3 is 4.90 Å². The van der Waals surface area contributed by atoms with Crippen molar-refractivity contribution in [2.75, 3.05) is 11.4 Å². The van der Waals surface area contributed by atoms with Crippen molar-refractivity contribution in [2.45, 2.75) is 11.9 Å². The Balaban J connectivity index is 2.43. The second-order valence-corrected chi connectivity index (χ2v) is 3.21. The molecule has 2 rings (SSSR count). The molecule has 0 atom stereocenters. The lowest BCUT2D eigenvalue weighted by Gasteiger charge is -2.21. The maximum atomic E-state index is 4.22. The maximum Gasteiger partial charge on any atom is 0.142 e. The number of nitrogens with zero attached hydrogens (tertiary/aromatic N) is 3. The van der Waals surface area contributed by atoms with Crippen LogP contribution in [-0.2, 0) is 0 Å². The van der Waals surface area contributed by atoms with Gasteiger partial charge in [0.2, 0.25) is 0 Å². The molecule has 3 nitrogen and oxygen atoms in total. The Bertz CT molecular complexity index is 311. The summed E-state index contributed by atoms with van der Waals surface area (Å²) >= 11 is 1.42. The van der Waals surface area contributed by atoms with E-state index in [4.69, 9.17) is 0 Å². The number of fused-ring (bicyclic) bond motifs is 1. The van der Waals surface area contributed by atoms with Crippen LogP contribution in [0.25, 0.3) is 0 Å². The zero-order valence-corrected chi connectivity index (χ0v) is 7.58. The first-order valence-electron chi connectivity index (χ1n) is 3.84. The molecule has 0 aliphatic carbocycles. The lowest BCUT2D eigenvalue weighted by Crippen LogP contribution is -2.22. The third kappa shape index (κ3) is 1.18. The van der Waals surface area contributed by atoms with Gasteiger partial charge >= 0.3 is 0 Å². The Morgan fingerprint density at radius 2 is 2.50 bits per heavy atom. The van der Waals surface area contributed by atoms with Gasteiger partial charge in [-0.1, -0.05) is 0 Å². The lowest BCUT2D eigenvalue weighted by molar-refractivity contribution is 1.00. The van der Waals surface area contributed by atoms with E-state index in [1.165, 1.54) is 11.9 Å². The molecule has 2 heterocycles. The van der Waals surface area contributed by atoms with Gasteiger partial charge in [0.1, 0.15) is 11.4 Å². The van der Waals surface area contributed by atoms with Crippen LogP contribution in [0.3, 0.4) is 0 Å². The van der Waals surface area contributed by atoms with Crippen LogP contribution in [0.2, 0.25) is 0 Å². The lowest BCUT2D eigenvalue weighted by atomic mass is 10.4. The molecular weight excluding hydrogens is 170 g/mol. The molecule has 0 unspecified atom stereocenters. The molecule has 0 fully saturated rings. The largest absolute Gasteiger partial charge is 0.330 e. The van der Waals surface area contributed by atoms with E-state index in [-0.39, 0.29) is 0 Å². The normalized spacial score (nSPS) is 14.6. The summed E-state index contributed by atoms with van der Waals surface area (Å²) in [6, 6.07) is 4.01. The molecule has 4 heteroatoms. The number of rotatable bonds is 1. The summed E-state index contributed by atoms with van der Waals surface area (Å²) in [5.74, 6) is 0. The van der Waals surface area contributed by atoms with Gasteiger partial charge in [-0.2, -0.15) is 4.40 Å². The zero-order chi connectivity index (χ0) is 8.39. The molecule has 0 amide bonds. The molecule has 1 aromatic heterocycles. The monoisotopic (exact) mass is 179 g/mol. The summed E-state index contributed by atoms with van der Waals surface area (Å²) in [5.41, 5.74) is 1.15. The molecule has 0 bridgehead atoms. The van der Waals surface area contributed by atoms with Crippen LogP contribution in [0.15, 0.2) is 27.8 Å². The third-order valence-corrected chi connectivity index (χ3v) is 2.41. The Morgan fingerprint density at radius 1 is 1.58 bits per heavy atom. The highest BCUT2D eigenvalue weighted by Gasteiger charge is 2.12. The molecule has 12 heavy (non-hydrogen) atoms. The van der Waals surface area contributed by atoms with Gasteiger partial charge in [0.15, 0.2) is 0 Å². The molecule has 0 spiro atoms. The molecule has 0 saturated heterocycles. The molecule has 0 radical (unpaired) electrons. The molecule has 62 valence electrons. The van der Waals surface area contributed by atoms with E-state index in [0.29, 0.717) is 0 Å². The number of hydrogen-bond donors (Lipinski definition) is 0. The van der Waals surface area contributed by atoms with Crippen LogP contribution >= 0.6 is 11.9 Å². The van der Waals surface area contributed by atoms with Gasteiger partial charge in [0.05, 0.1) is 5.69 Å². The molecule has 1 aliphatic heterocycles. The van der Waals surface area contributed by atoms with Crippen molar-refractivity contribution in [3.8, 4) is 0 Å². The summed E-state index contributed by atoms with van der Waals surface area (Å²) in [5, 5.41) is 0.988. The maximum absolute atomic E-state index is 4.22. The van der Waals surface area contributed by atoms with Crippen molar-refractivity contribution < 1.29 is 0 Å². The zero-order valence-electron chi connectivity index (χ0n) is 6.77. The van der Waals surface area contributed by atoms with Gasteiger partial charge in [-0.25, -0.2) is 4.98 Å². The van der Waals surface area contributed by atoms with Crippen LogP contribution in [0.5, 0.6) is 0 Å². The van der Waals surface area contributed by atoms with Gasteiger partial charge in [-0.05, 0) is 19.1 Å². The molecular formula is C8H9N3S. The fraction of sp³-hybridized carbons (Fsp3) is 0.250. The van der Waals surface area contributed by atoms with Crippen molar-refractivity contribution >= 4 is 24.0 Å². The van der Waals surface area contributed by atoms with Gasteiger partial charge in [0.25, 0.3) is 0 Å². The van der Waals surface area contributed by atoms with Crippen LogP contribution in [-0.4, -0.2) is 17.9 Å². The fourth-order valence-corrected chi connectivity index (χ4v) is 1.76. The van der Waals surface area contributed by atoms with Crippen LogP contribution in [0.1, 0.15) is 6.92 Å². The first-order valence-corrected chi connectivity index (χ1v) is 4.61. The van der Waals surface area contributed by atoms with E-state index in [2.05, 4.69) is 27.3 Å². The average Bonchev–Trinajstić information content (AvgIpc) is 2.17. The summed E-state index contributed by atoms with van der Waals surface area (Å²) < 4.78 is 4.13. The van der Waals surface area contributed by atoms with E-state index < -0.39 is 0 Å². The summed E-state index contributed by atoms with van der Waals surface area (Å²) in [7, 11) is 0. The minimum Gasteiger partial charge on any atom is -0.330 e. The molecule has 1 aliphatic rings. The molecule has 0 N–H and O–H groups in total. The van der Waals surface area contributed by atoms with Crippen molar-refractivity contribution in [2.24, 2.45) is 4.40 Å². The number of hydrogen-bond acceptors (Lipinski definition) is 4. The SMILES string of the molecule is CCN1C=NSc2ncccc21. The molecule has 0 aromatic carbocycles. The quantitative estimate of drug-likeness (QED) is 0.617. The van der Waals surface area contributed by atoms with Crippen molar-refractivity contribution in [3.63, 3.8) is 0 Å². The second-order valence-electron chi connectivity index (χ2n) is 2.43. The smallest absolute Gasteiger partial charge is 0.142 e. The predicted octanol–water partition coefficient (Wildman–Crippen LogP) is 1.96. The topological polar surface area (TPSA) is 28.5 Å². The molecule has 1 aromatic rings. The fourth-order valence-electron chi connectivity index (χ4n) is 1.12. The van der Waals surface area contributed by atoms with Crippen molar-refractivity contribution in [1.29, 1.82) is 0 Å². The number of aromatic nitrogens is 1. The second kappa shape index (κ2) is 3.15. The Labute approximate surface area is 75.7 Å². The van der Waals surface area contributed by atoms with E-state index in [1.807, 2.05) is 12.4 Å². The van der Waals surface area contributed by atoms with E-state index in [1.54, 1.807) is 6.20 Å². The van der Waals surface area contributed by atoms with E-state index in [9.17, 15) is 0 Å². The highest BCUT2D eigenvalue weighted by Crippen LogP contribution is 2.30. The van der Waals surface area contributed by atoms with Crippen LogP contribution in [0.4, 0.5) is 5.69 Å². The van der Waals surface area contributed by atoms with Gasteiger partial charge in [0, 0.05) is 24.7 Å². The third-order valence-electron chi connectivity index (χ3n) is 1.73. The minimum absolute atomic E-state index is 0.933. The average molecular weight is 179 g/mol. The van der Waals surface area contributed by atoms with Gasteiger partial charge in [-0.15, -0.1) is 0 Å². The van der Waals surface area contributed by atoms with Gasteiger partial charge in [-0.3, -0.25) is 0 Å². The summed E-state index contributed by atoms with van der Waals surface area (Å²) in [6.07, 6.45) is 3.63. The first-order chi connectivity index (χ1) is 5.92. The first kappa shape index (κ1) is 7.61.